The van der Waals surface area contributed by atoms with E-state index in [9.17, 15) is 4.79 Å². The number of hydrogen-bond donors (Lipinski definition) is 1. The van der Waals surface area contributed by atoms with Crippen molar-refractivity contribution in [1.82, 2.24) is 19.8 Å². The maximum atomic E-state index is 12.3. The normalized spacial score (nSPS) is 15.8. The third kappa shape index (κ3) is 4.25. The fourth-order valence-corrected chi connectivity index (χ4v) is 4.14. The van der Waals surface area contributed by atoms with Crippen molar-refractivity contribution in [3.63, 3.8) is 0 Å². The Balaban J connectivity index is 1.21. The Morgan fingerprint density at radius 3 is 2.54 bits per heavy atom. The molecule has 0 atom stereocenters. The van der Waals surface area contributed by atoms with Gasteiger partial charge in [-0.05, 0) is 49.5 Å². The fraction of sp³-hybridized carbons (Fsp3) is 0.391. The lowest BCUT2D eigenvalue weighted by molar-refractivity contribution is -0.122. The van der Waals surface area contributed by atoms with Crippen LogP contribution in [0.25, 0.3) is 11.0 Å². The molecule has 2 aromatic carbocycles. The van der Waals surface area contributed by atoms with Gasteiger partial charge in [-0.2, -0.15) is 0 Å². The first-order chi connectivity index (χ1) is 13.7. The van der Waals surface area contributed by atoms with Crippen molar-refractivity contribution >= 4 is 16.9 Å². The van der Waals surface area contributed by atoms with Crippen LogP contribution in [0.4, 0.5) is 0 Å². The third-order valence-corrected chi connectivity index (χ3v) is 5.78. The van der Waals surface area contributed by atoms with Gasteiger partial charge in [0.2, 0.25) is 5.91 Å². The third-order valence-electron chi connectivity index (χ3n) is 5.78. The van der Waals surface area contributed by atoms with Crippen molar-refractivity contribution in [3.8, 4) is 0 Å². The predicted octanol–water partition coefficient (Wildman–Crippen LogP) is 3.11. The second kappa shape index (κ2) is 8.57. The summed E-state index contributed by atoms with van der Waals surface area (Å²) in [6, 6.07) is 18.8. The van der Waals surface area contributed by atoms with Gasteiger partial charge in [-0.3, -0.25) is 9.69 Å². The van der Waals surface area contributed by atoms with Crippen molar-refractivity contribution in [2.24, 2.45) is 7.05 Å². The lowest BCUT2D eigenvalue weighted by atomic mass is 9.89. The summed E-state index contributed by atoms with van der Waals surface area (Å²) in [7, 11) is 2.03. The van der Waals surface area contributed by atoms with E-state index in [4.69, 9.17) is 0 Å². The highest BCUT2D eigenvalue weighted by Crippen LogP contribution is 2.27. The molecule has 4 rings (SSSR count). The van der Waals surface area contributed by atoms with E-state index in [0.717, 1.165) is 49.2 Å². The number of aryl methyl sites for hydroxylation is 1. The fourth-order valence-electron chi connectivity index (χ4n) is 4.14. The highest BCUT2D eigenvalue weighted by Gasteiger charge is 2.21. The molecule has 28 heavy (non-hydrogen) atoms. The van der Waals surface area contributed by atoms with Crippen LogP contribution in [0.1, 0.15) is 30.1 Å². The smallest absolute Gasteiger partial charge is 0.234 e. The van der Waals surface area contributed by atoms with Crippen LogP contribution in [-0.4, -0.2) is 46.5 Å². The number of nitrogens with one attached hydrogen (secondary N) is 1. The van der Waals surface area contributed by atoms with E-state index in [0.29, 0.717) is 19.0 Å². The van der Waals surface area contributed by atoms with Crippen molar-refractivity contribution in [3.05, 3.63) is 66.0 Å². The molecule has 0 unspecified atom stereocenters. The van der Waals surface area contributed by atoms with E-state index in [1.54, 1.807) is 0 Å². The maximum Gasteiger partial charge on any atom is 0.234 e. The van der Waals surface area contributed by atoms with Gasteiger partial charge >= 0.3 is 0 Å². The molecule has 1 aliphatic rings. The average molecular weight is 377 g/mol. The number of carbonyl (C=O) groups excluding carboxylic acids is 1. The number of carbonyl (C=O) groups is 1. The quantitative estimate of drug-likeness (QED) is 0.719. The molecule has 0 saturated carbocycles. The number of benzene rings is 2. The Kier molecular flexibility index (Phi) is 5.72. The number of aromatic nitrogens is 2. The number of nitrogens with zero attached hydrogens (tertiary/aromatic N) is 3. The molecule has 1 fully saturated rings. The Morgan fingerprint density at radius 2 is 1.79 bits per heavy atom. The van der Waals surface area contributed by atoms with Crippen LogP contribution in [0.5, 0.6) is 0 Å². The van der Waals surface area contributed by atoms with Crippen molar-refractivity contribution in [2.45, 2.75) is 25.2 Å². The molecule has 5 heteroatoms. The number of piperidine rings is 1. The van der Waals surface area contributed by atoms with Crippen molar-refractivity contribution in [1.29, 1.82) is 0 Å². The minimum atomic E-state index is 0.108. The summed E-state index contributed by atoms with van der Waals surface area (Å²) in [5.41, 5.74) is 3.56. The second-order valence-corrected chi connectivity index (χ2v) is 7.64. The zero-order chi connectivity index (χ0) is 19.3. The summed E-state index contributed by atoms with van der Waals surface area (Å²) in [5.74, 6) is 1.74. The molecular formula is C23H28N4O. The van der Waals surface area contributed by atoms with Crippen molar-refractivity contribution < 1.29 is 4.79 Å². The van der Waals surface area contributed by atoms with Crippen LogP contribution in [0.2, 0.25) is 0 Å². The average Bonchev–Trinajstić information content (AvgIpc) is 3.05. The van der Waals surface area contributed by atoms with E-state index in [1.807, 2.05) is 25.2 Å². The van der Waals surface area contributed by atoms with Gasteiger partial charge in [-0.15, -0.1) is 0 Å². The van der Waals surface area contributed by atoms with E-state index in [1.165, 1.54) is 5.56 Å². The minimum absolute atomic E-state index is 0.108. The molecule has 1 N–H and O–H groups in total. The zero-order valence-electron chi connectivity index (χ0n) is 16.5. The predicted molar refractivity (Wildman–Crippen MR) is 112 cm³/mol. The molecule has 0 spiro atoms. The second-order valence-electron chi connectivity index (χ2n) is 7.64. The summed E-state index contributed by atoms with van der Waals surface area (Å²) in [6.07, 6.45) is 2.99. The molecular weight excluding hydrogens is 348 g/mol. The Hall–Kier alpha value is -2.66. The van der Waals surface area contributed by atoms with E-state index in [2.05, 4.69) is 56.2 Å². The lowest BCUT2D eigenvalue weighted by Gasteiger charge is -2.31. The number of amides is 1. The molecule has 1 aliphatic heterocycles. The summed E-state index contributed by atoms with van der Waals surface area (Å²) in [5, 5.41) is 3.06. The van der Waals surface area contributed by atoms with Crippen LogP contribution in [-0.2, 0) is 18.3 Å². The molecule has 0 bridgehead atoms. The minimum Gasteiger partial charge on any atom is -0.355 e. The van der Waals surface area contributed by atoms with E-state index < -0.39 is 0 Å². The van der Waals surface area contributed by atoms with Gasteiger partial charge in [0.1, 0.15) is 5.82 Å². The molecule has 146 valence electrons. The van der Waals surface area contributed by atoms with Crippen LogP contribution in [0, 0.1) is 0 Å². The Labute approximate surface area is 166 Å². The lowest BCUT2D eigenvalue weighted by Crippen LogP contribution is -2.41. The number of fused-ring (bicyclic) bond motifs is 1. The SMILES string of the molecule is Cn1c(CCNC(=O)CN2CCC(c3ccccc3)CC2)nc2ccccc21. The number of rotatable bonds is 6. The summed E-state index contributed by atoms with van der Waals surface area (Å²) >= 11 is 0. The van der Waals surface area contributed by atoms with Gasteiger partial charge < -0.3 is 9.88 Å². The summed E-state index contributed by atoms with van der Waals surface area (Å²) in [4.78, 5) is 19.3. The van der Waals surface area contributed by atoms with Gasteiger partial charge in [-0.25, -0.2) is 4.98 Å². The van der Waals surface area contributed by atoms with Crippen LogP contribution < -0.4 is 5.32 Å². The standard InChI is InChI=1S/C23H28N4O/c1-26-21-10-6-5-9-20(21)25-22(26)11-14-24-23(28)17-27-15-12-19(13-16-27)18-7-3-2-4-8-18/h2-10,19H,11-17H2,1H3,(H,24,28). The van der Waals surface area contributed by atoms with Crippen LogP contribution in [0.15, 0.2) is 54.6 Å². The van der Waals surface area contributed by atoms with E-state index >= 15 is 0 Å². The number of imidazole rings is 1. The summed E-state index contributed by atoms with van der Waals surface area (Å²) in [6.45, 7) is 3.08. The molecule has 1 saturated heterocycles. The van der Waals surface area contributed by atoms with Gasteiger partial charge in [0, 0.05) is 20.0 Å². The van der Waals surface area contributed by atoms with Gasteiger partial charge in [0.15, 0.2) is 0 Å². The molecule has 0 aliphatic carbocycles. The van der Waals surface area contributed by atoms with E-state index in [-0.39, 0.29) is 5.91 Å². The number of likely N-dealkylation sites (tertiary alicyclic amines) is 1. The number of para-hydroxylation sites is 2. The monoisotopic (exact) mass is 376 g/mol. The molecule has 5 nitrogen and oxygen atoms in total. The zero-order valence-corrected chi connectivity index (χ0v) is 16.5. The first-order valence-electron chi connectivity index (χ1n) is 10.1. The molecule has 3 aromatic rings. The first kappa shape index (κ1) is 18.7. The van der Waals surface area contributed by atoms with Gasteiger partial charge in [-0.1, -0.05) is 42.5 Å². The topological polar surface area (TPSA) is 50.2 Å². The molecule has 0 radical (unpaired) electrons. The summed E-state index contributed by atoms with van der Waals surface area (Å²) < 4.78 is 2.11. The van der Waals surface area contributed by atoms with Crippen LogP contribution >= 0.6 is 0 Å². The van der Waals surface area contributed by atoms with Crippen molar-refractivity contribution in [2.75, 3.05) is 26.2 Å². The Bertz CT molecular complexity index is 926. The molecule has 2 heterocycles. The van der Waals surface area contributed by atoms with Gasteiger partial charge in [0.25, 0.3) is 0 Å². The largest absolute Gasteiger partial charge is 0.355 e. The number of hydrogen-bond acceptors (Lipinski definition) is 3. The molecule has 1 aromatic heterocycles. The first-order valence-corrected chi connectivity index (χ1v) is 10.1. The highest BCUT2D eigenvalue weighted by molar-refractivity contribution is 5.78. The highest BCUT2D eigenvalue weighted by atomic mass is 16.2. The maximum absolute atomic E-state index is 12.3. The molecule has 1 amide bonds. The van der Waals surface area contributed by atoms with Gasteiger partial charge in [0.05, 0.1) is 17.6 Å². The van der Waals surface area contributed by atoms with Crippen LogP contribution in [0.3, 0.4) is 0 Å². The Morgan fingerprint density at radius 1 is 1.07 bits per heavy atom.